The van der Waals surface area contributed by atoms with Crippen LogP contribution in [0.4, 0.5) is 5.82 Å². The number of aryl methyl sites for hydroxylation is 1. The normalized spacial score (nSPS) is 23.9. The second-order valence-corrected chi connectivity index (χ2v) is 8.51. The van der Waals surface area contributed by atoms with E-state index in [1.807, 2.05) is 0 Å². The van der Waals surface area contributed by atoms with Crippen LogP contribution >= 0.6 is 0 Å². The van der Waals surface area contributed by atoms with Gasteiger partial charge in [0.25, 0.3) is 0 Å². The van der Waals surface area contributed by atoms with Crippen molar-refractivity contribution in [2.75, 3.05) is 24.7 Å². The Labute approximate surface area is 157 Å². The number of piperidine rings is 1. The Kier molecular flexibility index (Phi) is 4.74. The van der Waals surface area contributed by atoms with E-state index in [0.29, 0.717) is 38.4 Å². The average Bonchev–Trinajstić information content (AvgIpc) is 3.37. The van der Waals surface area contributed by atoms with Gasteiger partial charge in [-0.2, -0.15) is 14.9 Å². The lowest BCUT2D eigenvalue weighted by molar-refractivity contribution is -0.121. The summed E-state index contributed by atoms with van der Waals surface area (Å²) in [7, 11) is -2.10. The number of nitrogens with one attached hydrogen (secondary N) is 1. The maximum atomic E-state index is 12.8. The quantitative estimate of drug-likeness (QED) is 0.767. The van der Waals surface area contributed by atoms with Crippen LogP contribution < -0.4 is 9.62 Å². The van der Waals surface area contributed by atoms with E-state index in [9.17, 15) is 13.2 Å². The van der Waals surface area contributed by atoms with Crippen LogP contribution in [0.1, 0.15) is 25.3 Å². The van der Waals surface area contributed by atoms with Crippen molar-refractivity contribution >= 4 is 21.7 Å². The number of hydrogen-bond donors (Lipinski definition) is 1. The van der Waals surface area contributed by atoms with E-state index in [4.69, 9.17) is 4.74 Å². The average molecular weight is 394 g/mol. The minimum Gasteiger partial charge on any atom is -0.379 e. The number of carbonyl (C=O) groups excluding carboxylic acids is 1. The van der Waals surface area contributed by atoms with E-state index in [1.54, 1.807) is 33.6 Å². The second kappa shape index (κ2) is 7.06. The van der Waals surface area contributed by atoms with Crippen molar-refractivity contribution in [3.8, 4) is 0 Å². The first kappa shape index (κ1) is 18.1. The smallest absolute Gasteiger partial charge is 0.246 e. The van der Waals surface area contributed by atoms with Gasteiger partial charge >= 0.3 is 0 Å². The molecule has 0 bridgehead atoms. The molecule has 0 spiro atoms. The first-order chi connectivity index (χ1) is 13.0. The third kappa shape index (κ3) is 3.49. The lowest BCUT2D eigenvalue weighted by atomic mass is 10.1. The largest absolute Gasteiger partial charge is 0.379 e. The van der Waals surface area contributed by atoms with E-state index >= 15 is 0 Å². The molecule has 10 nitrogen and oxygen atoms in total. The molecule has 2 aromatic rings. The predicted octanol–water partition coefficient (Wildman–Crippen LogP) is 0.0519. The van der Waals surface area contributed by atoms with Crippen LogP contribution in [0.2, 0.25) is 0 Å². The molecule has 0 saturated carbocycles. The van der Waals surface area contributed by atoms with Crippen molar-refractivity contribution < 1.29 is 17.9 Å². The lowest BCUT2D eigenvalue weighted by Gasteiger charge is -2.32. The monoisotopic (exact) mass is 394 g/mol. The zero-order valence-corrected chi connectivity index (χ0v) is 15.8. The van der Waals surface area contributed by atoms with Crippen LogP contribution in [-0.2, 0) is 26.6 Å². The molecular formula is C16H22N6O4S. The number of carbonyl (C=O) groups is 1. The first-order valence-corrected chi connectivity index (χ1v) is 10.4. The zero-order chi connectivity index (χ0) is 19.0. The van der Waals surface area contributed by atoms with Crippen LogP contribution in [0.15, 0.2) is 29.6 Å². The third-order valence-corrected chi connectivity index (χ3v) is 6.40. The number of ether oxygens (including phenoxy) is 1. The summed E-state index contributed by atoms with van der Waals surface area (Å²) in [5.41, 5.74) is 0. The molecule has 4 heterocycles. The topological polar surface area (TPSA) is 111 Å². The summed E-state index contributed by atoms with van der Waals surface area (Å²) in [6.45, 7) is 1.71. The molecule has 2 saturated heterocycles. The summed E-state index contributed by atoms with van der Waals surface area (Å²) in [6.07, 6.45) is 6.37. The van der Waals surface area contributed by atoms with E-state index in [0.717, 1.165) is 6.42 Å². The highest BCUT2D eigenvalue weighted by atomic mass is 32.2. The fourth-order valence-electron chi connectivity index (χ4n) is 3.49. The molecule has 2 unspecified atom stereocenters. The van der Waals surface area contributed by atoms with Gasteiger partial charge in [0.05, 0.1) is 25.0 Å². The van der Waals surface area contributed by atoms with Crippen molar-refractivity contribution in [1.82, 2.24) is 24.3 Å². The van der Waals surface area contributed by atoms with Gasteiger partial charge in [-0.25, -0.2) is 8.42 Å². The van der Waals surface area contributed by atoms with Gasteiger partial charge in [0, 0.05) is 32.5 Å². The lowest BCUT2D eigenvalue weighted by Crippen LogP contribution is -2.52. The van der Waals surface area contributed by atoms with Gasteiger partial charge in [0.1, 0.15) is 16.8 Å². The second-order valence-electron chi connectivity index (χ2n) is 6.79. The van der Waals surface area contributed by atoms with E-state index in [2.05, 4.69) is 14.9 Å². The number of rotatable bonds is 5. The van der Waals surface area contributed by atoms with Crippen molar-refractivity contribution in [1.29, 1.82) is 0 Å². The van der Waals surface area contributed by atoms with Crippen LogP contribution in [0.25, 0.3) is 0 Å². The van der Waals surface area contributed by atoms with Crippen molar-refractivity contribution in [2.24, 2.45) is 7.05 Å². The molecule has 2 aromatic heterocycles. The number of hydrogen-bond acceptors (Lipinski definition) is 6. The Bertz CT molecular complexity index is 930. The Morgan fingerprint density at radius 2 is 2.15 bits per heavy atom. The van der Waals surface area contributed by atoms with E-state index < -0.39 is 16.1 Å². The molecule has 146 valence electrons. The molecular weight excluding hydrogens is 372 g/mol. The molecule has 4 rings (SSSR count). The van der Waals surface area contributed by atoms with Crippen molar-refractivity contribution in [3.05, 3.63) is 24.7 Å². The van der Waals surface area contributed by atoms with E-state index in [-0.39, 0.29) is 16.8 Å². The molecule has 0 radical (unpaired) electrons. The molecule has 0 aliphatic carbocycles. The maximum absolute atomic E-state index is 12.8. The van der Waals surface area contributed by atoms with Crippen LogP contribution in [0.5, 0.6) is 0 Å². The molecule has 2 fully saturated rings. The van der Waals surface area contributed by atoms with Crippen LogP contribution in [0, 0.1) is 0 Å². The highest BCUT2D eigenvalue weighted by Crippen LogP contribution is 2.23. The van der Waals surface area contributed by atoms with Crippen molar-refractivity contribution in [3.63, 3.8) is 0 Å². The van der Waals surface area contributed by atoms with Crippen LogP contribution in [0.3, 0.4) is 0 Å². The molecule has 2 aliphatic heterocycles. The summed E-state index contributed by atoms with van der Waals surface area (Å²) < 4.78 is 36.6. The summed E-state index contributed by atoms with van der Waals surface area (Å²) in [5.74, 6) is 0.378. The SMILES string of the molecule is Cn1nccc1N1CCCC(NS(=O)(=O)c2cnn(C3CCOC3)c2)C1=O. The first-order valence-electron chi connectivity index (χ1n) is 8.89. The summed E-state index contributed by atoms with van der Waals surface area (Å²) >= 11 is 0. The fraction of sp³-hybridized carbons (Fsp3) is 0.562. The van der Waals surface area contributed by atoms with Gasteiger partial charge in [0.15, 0.2) is 0 Å². The summed E-state index contributed by atoms with van der Waals surface area (Å²) in [6, 6.07) is 0.977. The summed E-state index contributed by atoms with van der Waals surface area (Å²) in [4.78, 5) is 14.4. The maximum Gasteiger partial charge on any atom is 0.246 e. The molecule has 2 atom stereocenters. The standard InChI is InChI=1S/C16H22N6O4S/c1-20-15(4-6-17-20)21-7-2-3-14(16(21)23)19-27(24,25)13-9-18-22(10-13)12-5-8-26-11-12/h4,6,9-10,12,14,19H,2-3,5,7-8,11H2,1H3. The molecule has 1 amide bonds. The molecule has 1 N–H and O–H groups in total. The Hall–Kier alpha value is -2.24. The van der Waals surface area contributed by atoms with Gasteiger partial charge < -0.3 is 4.74 Å². The Morgan fingerprint density at radius 1 is 1.30 bits per heavy atom. The van der Waals surface area contributed by atoms with Crippen LogP contribution in [-0.4, -0.2) is 59.7 Å². The third-order valence-electron chi connectivity index (χ3n) is 4.98. The molecule has 2 aliphatic rings. The predicted molar refractivity (Wildman–Crippen MR) is 95.6 cm³/mol. The van der Waals surface area contributed by atoms with E-state index in [1.165, 1.54) is 12.4 Å². The van der Waals surface area contributed by atoms with Gasteiger partial charge in [-0.3, -0.25) is 19.1 Å². The number of aromatic nitrogens is 4. The highest BCUT2D eigenvalue weighted by Gasteiger charge is 2.34. The zero-order valence-electron chi connectivity index (χ0n) is 15.0. The number of nitrogens with zero attached hydrogens (tertiary/aromatic N) is 5. The number of sulfonamides is 1. The van der Waals surface area contributed by atoms with Crippen molar-refractivity contribution in [2.45, 2.75) is 36.2 Å². The van der Waals surface area contributed by atoms with Gasteiger partial charge in [0.2, 0.25) is 15.9 Å². The molecule has 27 heavy (non-hydrogen) atoms. The fourth-order valence-corrected chi connectivity index (χ4v) is 4.65. The summed E-state index contributed by atoms with van der Waals surface area (Å²) in [5, 5.41) is 8.23. The molecule has 0 aromatic carbocycles. The molecule has 11 heteroatoms. The highest BCUT2D eigenvalue weighted by molar-refractivity contribution is 7.89. The Balaban J connectivity index is 1.50. The van der Waals surface area contributed by atoms with Gasteiger partial charge in [-0.1, -0.05) is 0 Å². The van der Waals surface area contributed by atoms with Gasteiger partial charge in [-0.05, 0) is 19.3 Å². The number of anilines is 1. The minimum absolute atomic E-state index is 0.0468. The number of amides is 1. The minimum atomic E-state index is -3.85. The van der Waals surface area contributed by atoms with Gasteiger partial charge in [-0.15, -0.1) is 0 Å². The Morgan fingerprint density at radius 3 is 2.85 bits per heavy atom.